The molecule has 0 aliphatic rings. The molecule has 1 unspecified atom stereocenters. The van der Waals surface area contributed by atoms with Crippen LogP contribution in [0.15, 0.2) is 60.7 Å². The molecule has 4 heteroatoms. The van der Waals surface area contributed by atoms with E-state index in [2.05, 4.69) is 5.32 Å². The highest BCUT2D eigenvalue weighted by Crippen LogP contribution is 2.19. The zero-order valence-electron chi connectivity index (χ0n) is 14.2. The Morgan fingerprint density at radius 3 is 2.21 bits per heavy atom. The molecule has 0 saturated heterocycles. The number of rotatable bonds is 7. The van der Waals surface area contributed by atoms with E-state index in [1.807, 2.05) is 62.5 Å². The molecule has 0 aliphatic carbocycles. The summed E-state index contributed by atoms with van der Waals surface area (Å²) in [6, 6.07) is 19.1. The third-order valence-corrected chi connectivity index (χ3v) is 4.15. The normalized spacial score (nSPS) is 11.6. The van der Waals surface area contributed by atoms with Gasteiger partial charge in [0.2, 0.25) is 5.91 Å². The van der Waals surface area contributed by atoms with Gasteiger partial charge < -0.3 is 10.2 Å². The summed E-state index contributed by atoms with van der Waals surface area (Å²) in [4.78, 5) is 26.0. The Labute approximate surface area is 143 Å². The summed E-state index contributed by atoms with van der Waals surface area (Å²) in [6.07, 6.45) is 1.05. The van der Waals surface area contributed by atoms with Gasteiger partial charge in [0.25, 0.3) is 5.91 Å². The van der Waals surface area contributed by atoms with Gasteiger partial charge in [0.15, 0.2) is 0 Å². The Morgan fingerprint density at radius 1 is 1.00 bits per heavy atom. The highest BCUT2D eigenvalue weighted by atomic mass is 16.2. The number of carbonyl (C=O) groups is 2. The topological polar surface area (TPSA) is 49.4 Å². The molecule has 1 atom stereocenters. The molecule has 1 N–H and O–H groups in total. The largest absolute Gasteiger partial charge is 0.352 e. The minimum atomic E-state index is -0.103. The molecule has 0 radical (unpaired) electrons. The third kappa shape index (κ3) is 4.95. The van der Waals surface area contributed by atoms with E-state index >= 15 is 0 Å². The first kappa shape index (κ1) is 17.7. The number of nitrogens with zero attached hydrogens (tertiary/aromatic N) is 1. The van der Waals surface area contributed by atoms with E-state index in [4.69, 9.17) is 0 Å². The van der Waals surface area contributed by atoms with Crippen LogP contribution in [0.3, 0.4) is 0 Å². The summed E-state index contributed by atoms with van der Waals surface area (Å²) in [5, 5.41) is 2.84. The van der Waals surface area contributed by atoms with Crippen molar-refractivity contribution >= 4 is 11.8 Å². The number of hydrogen-bond donors (Lipinski definition) is 1. The van der Waals surface area contributed by atoms with E-state index in [0.29, 0.717) is 24.9 Å². The van der Waals surface area contributed by atoms with Gasteiger partial charge in [-0.05, 0) is 31.0 Å². The maximum absolute atomic E-state index is 12.3. The molecule has 2 amide bonds. The van der Waals surface area contributed by atoms with Crippen LogP contribution in [-0.2, 0) is 4.79 Å². The van der Waals surface area contributed by atoms with Gasteiger partial charge in [0, 0.05) is 25.6 Å². The van der Waals surface area contributed by atoms with Crippen molar-refractivity contribution in [1.82, 2.24) is 10.2 Å². The summed E-state index contributed by atoms with van der Waals surface area (Å²) in [7, 11) is 1.82. The summed E-state index contributed by atoms with van der Waals surface area (Å²) < 4.78 is 0. The predicted octanol–water partition coefficient (Wildman–Crippen LogP) is 3.42. The highest BCUT2D eigenvalue weighted by Gasteiger charge is 2.16. The fourth-order valence-electron chi connectivity index (χ4n) is 2.48. The number of amides is 2. The van der Waals surface area contributed by atoms with Crippen molar-refractivity contribution in [2.75, 3.05) is 13.6 Å². The van der Waals surface area contributed by atoms with Crippen LogP contribution < -0.4 is 5.32 Å². The molecule has 24 heavy (non-hydrogen) atoms. The Morgan fingerprint density at radius 2 is 1.58 bits per heavy atom. The lowest BCUT2D eigenvalue weighted by molar-refractivity contribution is -0.131. The second-order valence-corrected chi connectivity index (χ2v) is 5.82. The maximum atomic E-state index is 12.3. The summed E-state index contributed by atoms with van der Waals surface area (Å²) in [5.41, 5.74) is 1.75. The van der Waals surface area contributed by atoms with E-state index < -0.39 is 0 Å². The van der Waals surface area contributed by atoms with Crippen molar-refractivity contribution in [3.05, 3.63) is 71.8 Å². The van der Waals surface area contributed by atoms with E-state index in [1.165, 1.54) is 0 Å². The van der Waals surface area contributed by atoms with Crippen LogP contribution in [0.5, 0.6) is 0 Å². The van der Waals surface area contributed by atoms with Gasteiger partial charge in [-0.25, -0.2) is 0 Å². The predicted molar refractivity (Wildman–Crippen MR) is 95.6 cm³/mol. The zero-order valence-corrected chi connectivity index (χ0v) is 14.2. The first-order valence-corrected chi connectivity index (χ1v) is 8.23. The summed E-state index contributed by atoms with van der Waals surface area (Å²) in [5.74, 6) is -0.0191. The van der Waals surface area contributed by atoms with Crippen LogP contribution in [0.25, 0.3) is 0 Å². The third-order valence-electron chi connectivity index (χ3n) is 4.15. The Bertz CT molecular complexity index is 656. The quantitative estimate of drug-likeness (QED) is 0.793. The SMILES string of the molecule is CC(c1ccccc1)N(C)C(=O)CCCNC(=O)c1ccccc1. The van der Waals surface area contributed by atoms with Crippen molar-refractivity contribution in [2.45, 2.75) is 25.8 Å². The molecule has 0 spiro atoms. The molecule has 0 aliphatic heterocycles. The molecule has 4 nitrogen and oxygen atoms in total. The highest BCUT2D eigenvalue weighted by molar-refractivity contribution is 5.94. The first-order valence-electron chi connectivity index (χ1n) is 8.23. The van der Waals surface area contributed by atoms with Crippen molar-refractivity contribution in [3.63, 3.8) is 0 Å². The lowest BCUT2D eigenvalue weighted by atomic mass is 10.1. The van der Waals surface area contributed by atoms with Crippen molar-refractivity contribution in [3.8, 4) is 0 Å². The van der Waals surface area contributed by atoms with E-state index in [-0.39, 0.29) is 17.9 Å². The van der Waals surface area contributed by atoms with Crippen LogP contribution in [0.1, 0.15) is 41.7 Å². The minimum absolute atomic E-state index is 0.0395. The number of benzene rings is 2. The molecular formula is C20H24N2O2. The van der Waals surface area contributed by atoms with Crippen LogP contribution in [-0.4, -0.2) is 30.3 Å². The Hall–Kier alpha value is -2.62. The van der Waals surface area contributed by atoms with Crippen molar-refractivity contribution in [1.29, 1.82) is 0 Å². The molecule has 0 fully saturated rings. The summed E-state index contributed by atoms with van der Waals surface area (Å²) in [6.45, 7) is 2.51. The molecular weight excluding hydrogens is 300 g/mol. The van der Waals surface area contributed by atoms with Gasteiger partial charge in [0.1, 0.15) is 0 Å². The molecule has 2 aromatic rings. The molecule has 2 rings (SSSR count). The van der Waals surface area contributed by atoms with Crippen molar-refractivity contribution in [2.24, 2.45) is 0 Å². The van der Waals surface area contributed by atoms with Crippen LogP contribution >= 0.6 is 0 Å². The zero-order chi connectivity index (χ0) is 17.4. The van der Waals surface area contributed by atoms with Crippen LogP contribution in [0.4, 0.5) is 0 Å². The molecule has 0 saturated carbocycles. The minimum Gasteiger partial charge on any atom is -0.352 e. The van der Waals surface area contributed by atoms with Gasteiger partial charge in [-0.3, -0.25) is 9.59 Å². The van der Waals surface area contributed by atoms with Crippen LogP contribution in [0, 0.1) is 0 Å². The first-order chi connectivity index (χ1) is 11.6. The van der Waals surface area contributed by atoms with Crippen LogP contribution in [0.2, 0.25) is 0 Å². The standard InChI is InChI=1S/C20H24N2O2/c1-16(17-10-5-3-6-11-17)22(2)19(23)14-9-15-21-20(24)18-12-7-4-8-13-18/h3-8,10-13,16H,9,14-15H2,1-2H3,(H,21,24). The molecule has 0 heterocycles. The Kier molecular flexibility index (Phi) is 6.55. The monoisotopic (exact) mass is 324 g/mol. The van der Waals surface area contributed by atoms with Gasteiger partial charge in [-0.1, -0.05) is 48.5 Å². The molecule has 0 bridgehead atoms. The molecule has 0 aromatic heterocycles. The van der Waals surface area contributed by atoms with Gasteiger partial charge in [-0.15, -0.1) is 0 Å². The average molecular weight is 324 g/mol. The number of carbonyl (C=O) groups excluding carboxylic acids is 2. The van der Waals surface area contributed by atoms with Gasteiger partial charge in [-0.2, -0.15) is 0 Å². The lowest BCUT2D eigenvalue weighted by Gasteiger charge is -2.25. The molecule has 126 valence electrons. The lowest BCUT2D eigenvalue weighted by Crippen LogP contribution is -2.31. The van der Waals surface area contributed by atoms with E-state index in [9.17, 15) is 9.59 Å². The number of hydrogen-bond acceptors (Lipinski definition) is 2. The Balaban J connectivity index is 1.74. The maximum Gasteiger partial charge on any atom is 0.251 e. The fourth-order valence-corrected chi connectivity index (χ4v) is 2.48. The average Bonchev–Trinajstić information content (AvgIpc) is 2.65. The number of nitrogens with one attached hydrogen (secondary N) is 1. The summed E-state index contributed by atoms with van der Waals surface area (Å²) >= 11 is 0. The smallest absolute Gasteiger partial charge is 0.251 e. The van der Waals surface area contributed by atoms with Crippen molar-refractivity contribution < 1.29 is 9.59 Å². The second-order valence-electron chi connectivity index (χ2n) is 5.82. The van der Waals surface area contributed by atoms with Gasteiger partial charge in [0.05, 0.1) is 6.04 Å². The van der Waals surface area contributed by atoms with E-state index in [0.717, 1.165) is 5.56 Å². The second kappa shape index (κ2) is 8.87. The van der Waals surface area contributed by atoms with Gasteiger partial charge >= 0.3 is 0 Å². The fraction of sp³-hybridized carbons (Fsp3) is 0.300. The molecule has 2 aromatic carbocycles. The van der Waals surface area contributed by atoms with E-state index in [1.54, 1.807) is 17.0 Å².